The number of rotatable bonds is 3. The van der Waals surface area contributed by atoms with Gasteiger partial charge in [0.25, 0.3) is 0 Å². The largest absolute Gasteiger partial charge is 0.368 e. The van der Waals surface area contributed by atoms with Gasteiger partial charge in [0.15, 0.2) is 5.96 Å². The first-order chi connectivity index (χ1) is 10.6. The van der Waals surface area contributed by atoms with Crippen LogP contribution in [0.25, 0.3) is 0 Å². The third kappa shape index (κ3) is 4.27. The quantitative estimate of drug-likeness (QED) is 0.637. The van der Waals surface area contributed by atoms with E-state index in [4.69, 9.17) is 11.6 Å². The number of hydrogen-bond acceptors (Lipinski definition) is 3. The molecule has 1 heterocycles. The molecule has 0 spiro atoms. The molecule has 1 saturated heterocycles. The van der Waals surface area contributed by atoms with Crippen LogP contribution in [0.5, 0.6) is 0 Å². The van der Waals surface area contributed by atoms with Crippen molar-refractivity contribution in [2.45, 2.75) is 0 Å². The van der Waals surface area contributed by atoms with Crippen LogP contribution in [0.2, 0.25) is 5.02 Å². The van der Waals surface area contributed by atoms with E-state index in [0.717, 1.165) is 42.8 Å². The molecule has 22 heavy (non-hydrogen) atoms. The molecular formula is C15H22ClN5O. The summed E-state index contributed by atoms with van der Waals surface area (Å²) in [6, 6.07) is 7.90. The standard InChI is InChI=1S/C15H22ClN5O/c1-17-14(22)11-19-15(18-2)21-8-6-20(7-9-21)13-5-3-4-12(16)10-13/h3-5,10H,6-9,11H2,1-2H3,(H,17,22)(H,18,19). The lowest BCUT2D eigenvalue weighted by Crippen LogP contribution is -2.53. The number of likely N-dealkylation sites (N-methyl/N-ethyl adjacent to an activating group) is 1. The Bertz CT molecular complexity index is 540. The van der Waals surface area contributed by atoms with Gasteiger partial charge in [0.05, 0.1) is 6.54 Å². The zero-order valence-corrected chi connectivity index (χ0v) is 13.7. The second-order valence-electron chi connectivity index (χ2n) is 5.03. The van der Waals surface area contributed by atoms with Crippen molar-refractivity contribution in [1.29, 1.82) is 0 Å². The number of piperazine rings is 1. The van der Waals surface area contributed by atoms with Crippen LogP contribution in [0, 0.1) is 0 Å². The molecule has 1 aliphatic rings. The summed E-state index contributed by atoms with van der Waals surface area (Å²) in [7, 11) is 3.35. The van der Waals surface area contributed by atoms with Crippen molar-refractivity contribution >= 4 is 29.2 Å². The third-order valence-electron chi connectivity index (χ3n) is 3.65. The summed E-state index contributed by atoms with van der Waals surface area (Å²) in [5, 5.41) is 6.42. The fraction of sp³-hybridized carbons (Fsp3) is 0.467. The summed E-state index contributed by atoms with van der Waals surface area (Å²) < 4.78 is 0. The lowest BCUT2D eigenvalue weighted by molar-refractivity contribution is -0.119. The van der Waals surface area contributed by atoms with Gasteiger partial charge in [-0.3, -0.25) is 9.79 Å². The number of guanidine groups is 1. The van der Waals surface area contributed by atoms with Crippen molar-refractivity contribution in [1.82, 2.24) is 15.5 Å². The molecule has 0 aromatic heterocycles. The molecule has 1 aromatic rings. The number of carbonyl (C=O) groups is 1. The van der Waals surface area contributed by atoms with E-state index in [9.17, 15) is 4.79 Å². The first-order valence-electron chi connectivity index (χ1n) is 7.30. The van der Waals surface area contributed by atoms with Crippen LogP contribution < -0.4 is 15.5 Å². The highest BCUT2D eigenvalue weighted by atomic mass is 35.5. The average molecular weight is 324 g/mol. The molecule has 2 N–H and O–H groups in total. The van der Waals surface area contributed by atoms with E-state index in [2.05, 4.69) is 31.5 Å². The minimum atomic E-state index is -0.0567. The summed E-state index contributed by atoms with van der Waals surface area (Å²) in [4.78, 5) is 20.0. The van der Waals surface area contributed by atoms with Gasteiger partial charge in [-0.15, -0.1) is 0 Å². The van der Waals surface area contributed by atoms with Crippen molar-refractivity contribution in [3.63, 3.8) is 0 Å². The van der Waals surface area contributed by atoms with E-state index in [1.807, 2.05) is 18.2 Å². The number of nitrogens with zero attached hydrogens (tertiary/aromatic N) is 3. The number of hydrogen-bond donors (Lipinski definition) is 2. The Kier molecular flexibility index (Phi) is 5.89. The molecule has 0 bridgehead atoms. The van der Waals surface area contributed by atoms with Crippen molar-refractivity contribution in [3.8, 4) is 0 Å². The maximum Gasteiger partial charge on any atom is 0.239 e. The van der Waals surface area contributed by atoms with Crippen LogP contribution in [0.4, 0.5) is 5.69 Å². The molecule has 0 unspecified atom stereocenters. The Labute approximate surface area is 136 Å². The molecule has 1 aliphatic heterocycles. The van der Waals surface area contributed by atoms with E-state index < -0.39 is 0 Å². The minimum Gasteiger partial charge on any atom is -0.368 e. The summed E-state index contributed by atoms with van der Waals surface area (Å²) in [6.45, 7) is 3.71. The Balaban J connectivity index is 1.89. The zero-order valence-electron chi connectivity index (χ0n) is 13.0. The van der Waals surface area contributed by atoms with Gasteiger partial charge in [-0.25, -0.2) is 0 Å². The van der Waals surface area contributed by atoms with E-state index in [1.165, 1.54) is 0 Å². The van der Waals surface area contributed by atoms with Crippen molar-refractivity contribution < 1.29 is 4.79 Å². The molecule has 1 fully saturated rings. The fourth-order valence-electron chi connectivity index (χ4n) is 2.43. The Morgan fingerprint density at radius 3 is 2.64 bits per heavy atom. The number of halogens is 1. The second kappa shape index (κ2) is 7.89. The lowest BCUT2D eigenvalue weighted by atomic mass is 10.2. The number of aliphatic imine (C=N–C) groups is 1. The number of nitrogens with one attached hydrogen (secondary N) is 2. The van der Waals surface area contributed by atoms with Gasteiger partial charge in [-0.05, 0) is 18.2 Å². The van der Waals surface area contributed by atoms with Gasteiger partial charge in [-0.2, -0.15) is 0 Å². The molecule has 2 rings (SSSR count). The maximum absolute atomic E-state index is 11.3. The second-order valence-corrected chi connectivity index (χ2v) is 5.46. The average Bonchev–Trinajstić information content (AvgIpc) is 2.55. The van der Waals surface area contributed by atoms with Gasteiger partial charge in [0, 0.05) is 51.0 Å². The Morgan fingerprint density at radius 1 is 1.32 bits per heavy atom. The van der Waals surface area contributed by atoms with E-state index >= 15 is 0 Å². The number of anilines is 1. The predicted molar refractivity (Wildman–Crippen MR) is 90.7 cm³/mol. The Morgan fingerprint density at radius 2 is 2.05 bits per heavy atom. The van der Waals surface area contributed by atoms with Gasteiger partial charge in [0.1, 0.15) is 0 Å². The molecule has 0 radical (unpaired) electrons. The van der Waals surface area contributed by atoms with Gasteiger partial charge in [-0.1, -0.05) is 17.7 Å². The monoisotopic (exact) mass is 323 g/mol. The molecule has 120 valence electrons. The SMILES string of the molecule is CN=C(NCC(=O)NC)N1CCN(c2cccc(Cl)c2)CC1. The first kappa shape index (κ1) is 16.4. The van der Waals surface area contributed by atoms with Crippen LogP contribution >= 0.6 is 11.6 Å². The minimum absolute atomic E-state index is 0.0567. The van der Waals surface area contributed by atoms with Crippen LogP contribution in [0.1, 0.15) is 0 Å². The molecule has 1 amide bonds. The Hall–Kier alpha value is -1.95. The zero-order chi connectivity index (χ0) is 15.9. The highest BCUT2D eigenvalue weighted by Gasteiger charge is 2.20. The van der Waals surface area contributed by atoms with E-state index in [0.29, 0.717) is 0 Å². The van der Waals surface area contributed by atoms with Gasteiger partial charge >= 0.3 is 0 Å². The first-order valence-corrected chi connectivity index (χ1v) is 7.68. The smallest absolute Gasteiger partial charge is 0.239 e. The van der Waals surface area contributed by atoms with Gasteiger partial charge < -0.3 is 20.4 Å². The summed E-state index contributed by atoms with van der Waals surface area (Å²) in [5.74, 6) is 0.702. The molecule has 7 heteroatoms. The molecule has 6 nitrogen and oxygen atoms in total. The molecular weight excluding hydrogens is 302 g/mol. The van der Waals surface area contributed by atoms with Crippen molar-refractivity contribution in [2.24, 2.45) is 4.99 Å². The summed E-state index contributed by atoms with van der Waals surface area (Å²) in [5.41, 5.74) is 1.14. The van der Waals surface area contributed by atoms with Crippen LogP contribution in [0.15, 0.2) is 29.3 Å². The molecule has 0 aliphatic carbocycles. The normalized spacial score (nSPS) is 15.7. The van der Waals surface area contributed by atoms with Crippen LogP contribution in [0.3, 0.4) is 0 Å². The predicted octanol–water partition coefficient (Wildman–Crippen LogP) is 0.783. The van der Waals surface area contributed by atoms with Crippen molar-refractivity contribution in [3.05, 3.63) is 29.3 Å². The highest BCUT2D eigenvalue weighted by Crippen LogP contribution is 2.20. The molecule has 0 atom stereocenters. The van der Waals surface area contributed by atoms with Crippen molar-refractivity contribution in [2.75, 3.05) is 51.7 Å². The van der Waals surface area contributed by atoms with Crippen LogP contribution in [-0.2, 0) is 4.79 Å². The summed E-state index contributed by atoms with van der Waals surface area (Å²) >= 11 is 6.05. The fourth-order valence-corrected chi connectivity index (χ4v) is 2.61. The number of amides is 1. The third-order valence-corrected chi connectivity index (χ3v) is 3.89. The van der Waals surface area contributed by atoms with E-state index in [1.54, 1.807) is 14.1 Å². The van der Waals surface area contributed by atoms with Gasteiger partial charge in [0.2, 0.25) is 5.91 Å². The topological polar surface area (TPSA) is 60.0 Å². The maximum atomic E-state index is 11.3. The number of benzene rings is 1. The lowest BCUT2D eigenvalue weighted by Gasteiger charge is -2.37. The number of carbonyl (C=O) groups excluding carboxylic acids is 1. The van der Waals surface area contributed by atoms with Crippen LogP contribution in [-0.4, -0.2) is 63.6 Å². The van der Waals surface area contributed by atoms with E-state index in [-0.39, 0.29) is 12.5 Å². The highest BCUT2D eigenvalue weighted by molar-refractivity contribution is 6.30. The molecule has 1 aromatic carbocycles. The summed E-state index contributed by atoms with van der Waals surface area (Å²) in [6.07, 6.45) is 0. The molecule has 0 saturated carbocycles.